The highest BCUT2D eigenvalue weighted by atomic mass is 35.5. The number of benzene rings is 2. The Labute approximate surface area is 180 Å². The smallest absolute Gasteiger partial charge is 0.340 e. The first-order valence-corrected chi connectivity index (χ1v) is 9.49. The highest BCUT2D eigenvalue weighted by Gasteiger charge is 2.30. The third-order valence-electron chi connectivity index (χ3n) is 4.79. The van der Waals surface area contributed by atoms with Crippen LogP contribution in [0, 0.1) is 0 Å². The summed E-state index contributed by atoms with van der Waals surface area (Å²) in [6.45, 7) is 3.43. The predicted molar refractivity (Wildman–Crippen MR) is 114 cm³/mol. The fourth-order valence-electron chi connectivity index (χ4n) is 3.31. The minimum atomic E-state index is -4.42. The van der Waals surface area contributed by atoms with E-state index < -0.39 is 17.6 Å². The number of anilines is 1. The van der Waals surface area contributed by atoms with E-state index in [4.69, 9.17) is 11.6 Å². The second kappa shape index (κ2) is 7.63. The molecule has 0 saturated carbocycles. The van der Waals surface area contributed by atoms with E-state index in [-0.39, 0.29) is 5.02 Å². The molecule has 4 rings (SSSR count). The molecule has 0 unspecified atom stereocenters. The predicted octanol–water partition coefficient (Wildman–Crippen LogP) is 5.83. The molecule has 158 valence electrons. The fraction of sp³-hybridized carbons (Fsp3) is 0.0909. The van der Waals surface area contributed by atoms with Crippen molar-refractivity contribution in [1.29, 1.82) is 0 Å². The third kappa shape index (κ3) is 3.94. The lowest BCUT2D eigenvalue weighted by atomic mass is 10.1. The van der Waals surface area contributed by atoms with Crippen LogP contribution in [0.2, 0.25) is 5.02 Å². The highest BCUT2D eigenvalue weighted by molar-refractivity contribution is 6.35. The van der Waals surface area contributed by atoms with Gasteiger partial charge in [-0.25, -0.2) is 4.98 Å². The maximum absolute atomic E-state index is 13.0. The number of carbonyl (C=O) groups excluding carboxylic acids is 1. The summed E-state index contributed by atoms with van der Waals surface area (Å²) >= 11 is 6.38. The summed E-state index contributed by atoms with van der Waals surface area (Å²) in [6, 6.07) is 8.21. The van der Waals surface area contributed by atoms with E-state index >= 15 is 0 Å². The minimum absolute atomic E-state index is 0.279. The SMILES string of the molecule is C=CC(=O)Nc1cc2c(-c3cn(C)cn3)cn(-c3ccc(C(F)(F)F)cc3)c2cc1Cl. The van der Waals surface area contributed by atoms with Gasteiger partial charge in [-0.3, -0.25) is 4.79 Å². The molecule has 0 radical (unpaired) electrons. The Balaban J connectivity index is 1.92. The zero-order chi connectivity index (χ0) is 22.3. The molecule has 9 heteroatoms. The van der Waals surface area contributed by atoms with Gasteiger partial charge in [0, 0.05) is 36.1 Å². The molecule has 0 bridgehead atoms. The molecule has 5 nitrogen and oxygen atoms in total. The Morgan fingerprint density at radius 2 is 1.90 bits per heavy atom. The highest BCUT2D eigenvalue weighted by Crippen LogP contribution is 2.37. The van der Waals surface area contributed by atoms with Crippen LogP contribution >= 0.6 is 11.6 Å². The second-order valence-corrected chi connectivity index (χ2v) is 7.33. The van der Waals surface area contributed by atoms with E-state index in [2.05, 4.69) is 16.9 Å². The molecule has 1 amide bonds. The van der Waals surface area contributed by atoms with Crippen LogP contribution < -0.4 is 5.32 Å². The Bertz CT molecular complexity index is 1300. The van der Waals surface area contributed by atoms with E-state index in [0.717, 1.165) is 29.2 Å². The lowest BCUT2D eigenvalue weighted by molar-refractivity contribution is -0.137. The van der Waals surface area contributed by atoms with Gasteiger partial charge in [-0.2, -0.15) is 13.2 Å². The molecule has 0 aliphatic carbocycles. The van der Waals surface area contributed by atoms with Crippen LogP contribution in [0.15, 0.2) is 67.8 Å². The van der Waals surface area contributed by atoms with E-state index in [9.17, 15) is 18.0 Å². The molecule has 0 saturated heterocycles. The lowest BCUT2D eigenvalue weighted by Gasteiger charge is -2.10. The number of alkyl halides is 3. The van der Waals surface area contributed by atoms with Gasteiger partial charge in [-0.15, -0.1) is 0 Å². The van der Waals surface area contributed by atoms with Crippen molar-refractivity contribution in [3.8, 4) is 16.9 Å². The summed E-state index contributed by atoms with van der Waals surface area (Å²) in [4.78, 5) is 16.1. The van der Waals surface area contributed by atoms with Crippen LogP contribution in [0.25, 0.3) is 27.8 Å². The van der Waals surface area contributed by atoms with Crippen molar-refractivity contribution < 1.29 is 18.0 Å². The van der Waals surface area contributed by atoms with Crippen LogP contribution in [0.1, 0.15) is 5.56 Å². The van der Waals surface area contributed by atoms with E-state index in [1.807, 2.05) is 13.2 Å². The Hall–Kier alpha value is -3.52. The number of hydrogen-bond acceptors (Lipinski definition) is 2. The molecular weight excluding hydrogens is 429 g/mol. The molecular formula is C22H16ClF3N4O. The Morgan fingerprint density at radius 3 is 2.48 bits per heavy atom. The van der Waals surface area contributed by atoms with Gasteiger partial charge < -0.3 is 14.5 Å². The number of halogens is 4. The van der Waals surface area contributed by atoms with Crippen molar-refractivity contribution in [2.45, 2.75) is 6.18 Å². The summed E-state index contributed by atoms with van der Waals surface area (Å²) < 4.78 is 42.4. The fourth-order valence-corrected chi connectivity index (χ4v) is 3.51. The summed E-state index contributed by atoms with van der Waals surface area (Å²) in [5, 5.41) is 3.66. The monoisotopic (exact) mass is 444 g/mol. The van der Waals surface area contributed by atoms with Crippen LogP contribution in [0.3, 0.4) is 0 Å². The average Bonchev–Trinajstić information content (AvgIpc) is 3.31. The largest absolute Gasteiger partial charge is 0.416 e. The standard InChI is InChI=1S/C22H16ClF3N4O/c1-3-21(31)28-18-8-15-16(19-11-29(2)12-27-19)10-30(20(15)9-17(18)23)14-6-4-13(5-7-14)22(24,25)26/h3-12H,1H2,2H3,(H,28,31). The normalized spacial score (nSPS) is 11.6. The quantitative estimate of drug-likeness (QED) is 0.403. The van der Waals surface area contributed by atoms with Gasteiger partial charge in [0.15, 0.2) is 0 Å². The maximum Gasteiger partial charge on any atom is 0.416 e. The molecule has 2 heterocycles. The molecule has 31 heavy (non-hydrogen) atoms. The van der Waals surface area contributed by atoms with Gasteiger partial charge in [0.25, 0.3) is 0 Å². The zero-order valence-corrected chi connectivity index (χ0v) is 17.0. The number of fused-ring (bicyclic) bond motifs is 1. The van der Waals surface area contributed by atoms with E-state index in [0.29, 0.717) is 22.6 Å². The molecule has 0 fully saturated rings. The van der Waals surface area contributed by atoms with Gasteiger partial charge in [0.2, 0.25) is 5.91 Å². The van der Waals surface area contributed by atoms with Crippen molar-refractivity contribution in [3.63, 3.8) is 0 Å². The van der Waals surface area contributed by atoms with Crippen LogP contribution in [-0.2, 0) is 18.0 Å². The molecule has 1 N–H and O–H groups in total. The van der Waals surface area contributed by atoms with Crippen molar-refractivity contribution in [3.05, 3.63) is 78.4 Å². The number of aromatic nitrogens is 3. The number of aryl methyl sites for hydroxylation is 1. The van der Waals surface area contributed by atoms with Gasteiger partial charge in [-0.1, -0.05) is 18.2 Å². The van der Waals surface area contributed by atoms with Gasteiger partial charge in [0.1, 0.15) is 0 Å². The summed E-state index contributed by atoms with van der Waals surface area (Å²) in [7, 11) is 1.83. The van der Waals surface area contributed by atoms with Crippen molar-refractivity contribution in [2.75, 3.05) is 5.32 Å². The average molecular weight is 445 g/mol. The van der Waals surface area contributed by atoms with E-state index in [1.165, 1.54) is 12.1 Å². The molecule has 2 aromatic carbocycles. The first-order chi connectivity index (χ1) is 14.7. The summed E-state index contributed by atoms with van der Waals surface area (Å²) in [5.74, 6) is -0.414. The first kappa shape index (κ1) is 20.7. The number of hydrogen-bond donors (Lipinski definition) is 1. The number of nitrogens with one attached hydrogen (secondary N) is 1. The molecule has 0 atom stereocenters. The molecule has 0 aliphatic heterocycles. The second-order valence-electron chi connectivity index (χ2n) is 6.92. The molecule has 0 aliphatic rings. The number of carbonyl (C=O) groups is 1. The van der Waals surface area contributed by atoms with E-state index in [1.54, 1.807) is 33.8 Å². The number of nitrogens with zero attached hydrogens (tertiary/aromatic N) is 3. The van der Waals surface area contributed by atoms with Crippen LogP contribution in [0.4, 0.5) is 18.9 Å². The number of imidazole rings is 1. The number of amides is 1. The first-order valence-electron chi connectivity index (χ1n) is 9.11. The van der Waals surface area contributed by atoms with Crippen molar-refractivity contribution in [1.82, 2.24) is 14.1 Å². The summed E-state index contributed by atoms with van der Waals surface area (Å²) in [5.41, 5.74) is 2.25. The molecule has 4 aromatic rings. The summed E-state index contributed by atoms with van der Waals surface area (Å²) in [6.07, 6.45) is 1.96. The third-order valence-corrected chi connectivity index (χ3v) is 5.10. The van der Waals surface area contributed by atoms with Crippen LogP contribution in [0.5, 0.6) is 0 Å². The van der Waals surface area contributed by atoms with Gasteiger partial charge in [0.05, 0.1) is 33.8 Å². The molecule has 0 spiro atoms. The minimum Gasteiger partial charge on any atom is -0.340 e. The number of rotatable bonds is 4. The zero-order valence-electron chi connectivity index (χ0n) is 16.2. The molecule has 2 aromatic heterocycles. The maximum atomic E-state index is 13.0. The Kier molecular flexibility index (Phi) is 5.10. The van der Waals surface area contributed by atoms with Gasteiger partial charge >= 0.3 is 6.18 Å². The van der Waals surface area contributed by atoms with Crippen molar-refractivity contribution in [2.24, 2.45) is 7.05 Å². The lowest BCUT2D eigenvalue weighted by Crippen LogP contribution is -2.07. The van der Waals surface area contributed by atoms with Gasteiger partial charge in [-0.05, 0) is 42.5 Å². The topological polar surface area (TPSA) is 51.9 Å². The Morgan fingerprint density at radius 1 is 1.19 bits per heavy atom. The van der Waals surface area contributed by atoms with Crippen LogP contribution in [-0.4, -0.2) is 20.0 Å². The van der Waals surface area contributed by atoms with Crippen molar-refractivity contribution >= 4 is 34.1 Å².